The third-order valence-electron chi connectivity index (χ3n) is 5.17. The van der Waals surface area contributed by atoms with Crippen molar-refractivity contribution in [3.8, 4) is 11.1 Å². The summed E-state index contributed by atoms with van der Waals surface area (Å²) in [6.45, 7) is 8.09. The molecular weight excluding hydrogens is 340 g/mol. The highest BCUT2D eigenvalue weighted by Crippen LogP contribution is 2.24. The van der Waals surface area contributed by atoms with Gasteiger partial charge in [0.1, 0.15) is 0 Å². The maximum absolute atomic E-state index is 12.7. The molecule has 2 N–H and O–H groups in total. The van der Waals surface area contributed by atoms with E-state index >= 15 is 0 Å². The minimum Gasteiger partial charge on any atom is -0.392 e. The molecular formula is C22H28N2O3. The molecule has 0 radical (unpaired) electrons. The van der Waals surface area contributed by atoms with Gasteiger partial charge in [0.15, 0.2) is 0 Å². The molecule has 0 bridgehead atoms. The van der Waals surface area contributed by atoms with Gasteiger partial charge in [-0.15, -0.1) is 0 Å². The molecule has 2 aromatic carbocycles. The Labute approximate surface area is 161 Å². The van der Waals surface area contributed by atoms with Crippen LogP contribution in [0.5, 0.6) is 0 Å². The van der Waals surface area contributed by atoms with Crippen molar-refractivity contribution in [2.24, 2.45) is 0 Å². The molecule has 0 aliphatic carbocycles. The Kier molecular flexibility index (Phi) is 6.26. The zero-order valence-electron chi connectivity index (χ0n) is 16.1. The summed E-state index contributed by atoms with van der Waals surface area (Å²) < 4.78 is 5.42. The molecule has 1 aliphatic rings. The third kappa shape index (κ3) is 4.75. The van der Waals surface area contributed by atoms with Gasteiger partial charge in [-0.2, -0.15) is 0 Å². The van der Waals surface area contributed by atoms with Crippen molar-refractivity contribution in [3.05, 3.63) is 59.7 Å². The molecule has 1 saturated heterocycles. The number of nitrogens with one attached hydrogen (secondary N) is 1. The van der Waals surface area contributed by atoms with Gasteiger partial charge >= 0.3 is 0 Å². The second kappa shape index (κ2) is 8.65. The first-order valence-electron chi connectivity index (χ1n) is 9.41. The highest BCUT2D eigenvalue weighted by molar-refractivity contribution is 5.95. The molecule has 5 heteroatoms. The molecule has 5 nitrogen and oxygen atoms in total. The van der Waals surface area contributed by atoms with Crippen molar-refractivity contribution in [3.63, 3.8) is 0 Å². The Morgan fingerprint density at radius 3 is 2.63 bits per heavy atom. The lowest BCUT2D eigenvalue weighted by Gasteiger charge is -2.40. The number of hydrogen-bond donors (Lipinski definition) is 2. The normalized spacial score (nSPS) is 15.5. The lowest BCUT2D eigenvalue weighted by molar-refractivity contribution is -0.00923. The zero-order chi connectivity index (χ0) is 19.3. The predicted molar refractivity (Wildman–Crippen MR) is 107 cm³/mol. The van der Waals surface area contributed by atoms with Crippen molar-refractivity contribution < 1.29 is 14.6 Å². The van der Waals surface area contributed by atoms with Gasteiger partial charge < -0.3 is 15.2 Å². The van der Waals surface area contributed by atoms with Crippen molar-refractivity contribution in [1.82, 2.24) is 10.2 Å². The number of aliphatic hydroxyl groups excluding tert-OH is 1. The Morgan fingerprint density at radius 1 is 1.15 bits per heavy atom. The number of ether oxygens (including phenoxy) is 1. The third-order valence-corrected chi connectivity index (χ3v) is 5.17. The summed E-state index contributed by atoms with van der Waals surface area (Å²) in [6, 6.07) is 15.2. The maximum Gasteiger partial charge on any atom is 0.251 e. The minimum absolute atomic E-state index is 0.0274. The molecule has 27 heavy (non-hydrogen) atoms. The average molecular weight is 368 g/mol. The summed E-state index contributed by atoms with van der Waals surface area (Å²) in [5, 5.41) is 12.6. The fraction of sp³-hybridized carbons (Fsp3) is 0.409. The molecule has 3 rings (SSSR count). The number of aliphatic hydroxyl groups is 1. The van der Waals surface area contributed by atoms with Gasteiger partial charge in [0.25, 0.3) is 5.91 Å². The number of rotatable bonds is 6. The molecule has 1 fully saturated rings. The number of benzene rings is 2. The summed E-state index contributed by atoms with van der Waals surface area (Å²) in [5.74, 6) is -0.0836. The summed E-state index contributed by atoms with van der Waals surface area (Å²) in [7, 11) is 0. The number of hydrogen-bond acceptors (Lipinski definition) is 4. The highest BCUT2D eigenvalue weighted by Gasteiger charge is 2.28. The molecule has 144 valence electrons. The fourth-order valence-electron chi connectivity index (χ4n) is 3.45. The number of carbonyl (C=O) groups excluding carboxylic acids is 1. The van der Waals surface area contributed by atoms with Crippen LogP contribution in [0, 0.1) is 0 Å². The largest absolute Gasteiger partial charge is 0.392 e. The van der Waals surface area contributed by atoms with Gasteiger partial charge in [0.2, 0.25) is 0 Å². The molecule has 2 aromatic rings. The van der Waals surface area contributed by atoms with Gasteiger partial charge in [0, 0.05) is 30.7 Å². The van der Waals surface area contributed by atoms with Crippen LogP contribution in [-0.4, -0.2) is 54.3 Å². The fourth-order valence-corrected chi connectivity index (χ4v) is 3.45. The molecule has 0 aromatic heterocycles. The van der Waals surface area contributed by atoms with Crippen LogP contribution in [0.4, 0.5) is 0 Å². The Balaban J connectivity index is 1.70. The first kappa shape index (κ1) is 19.5. The van der Waals surface area contributed by atoms with Crippen molar-refractivity contribution in [1.29, 1.82) is 0 Å². The van der Waals surface area contributed by atoms with Crippen molar-refractivity contribution in [2.75, 3.05) is 32.8 Å². The van der Waals surface area contributed by atoms with Crippen LogP contribution in [0.15, 0.2) is 48.5 Å². The van der Waals surface area contributed by atoms with Crippen LogP contribution in [0.1, 0.15) is 29.8 Å². The molecule has 1 amide bonds. The van der Waals surface area contributed by atoms with Gasteiger partial charge in [-0.1, -0.05) is 36.4 Å². The topological polar surface area (TPSA) is 61.8 Å². The SMILES string of the molecule is CC(C)(CNC(=O)c1cccc(-c2ccccc2CO)c1)N1CCOCC1. The summed E-state index contributed by atoms with van der Waals surface area (Å²) >= 11 is 0. The van der Waals surface area contributed by atoms with E-state index in [0.29, 0.717) is 12.1 Å². The van der Waals surface area contributed by atoms with E-state index in [-0.39, 0.29) is 18.1 Å². The monoisotopic (exact) mass is 368 g/mol. The first-order valence-corrected chi connectivity index (χ1v) is 9.41. The van der Waals surface area contributed by atoms with Crippen LogP contribution in [-0.2, 0) is 11.3 Å². The number of carbonyl (C=O) groups is 1. The van der Waals surface area contributed by atoms with E-state index in [4.69, 9.17) is 4.74 Å². The lowest BCUT2D eigenvalue weighted by atomic mass is 9.98. The zero-order valence-corrected chi connectivity index (χ0v) is 16.1. The molecule has 1 aliphatic heterocycles. The Morgan fingerprint density at radius 2 is 1.89 bits per heavy atom. The van der Waals surface area contributed by atoms with Crippen LogP contribution < -0.4 is 5.32 Å². The second-order valence-electron chi connectivity index (χ2n) is 7.49. The van der Waals surface area contributed by atoms with E-state index in [9.17, 15) is 9.90 Å². The van der Waals surface area contributed by atoms with Crippen molar-refractivity contribution in [2.45, 2.75) is 26.0 Å². The quantitative estimate of drug-likeness (QED) is 0.823. The molecule has 0 unspecified atom stereocenters. The van der Waals surface area contributed by atoms with E-state index < -0.39 is 0 Å². The smallest absolute Gasteiger partial charge is 0.251 e. The maximum atomic E-state index is 12.7. The molecule has 0 spiro atoms. The Bertz CT molecular complexity index is 783. The van der Waals surface area contributed by atoms with E-state index in [1.165, 1.54) is 0 Å². The standard InChI is InChI=1S/C22H28N2O3/c1-22(2,24-10-12-27-13-11-24)16-23-21(26)18-8-5-7-17(14-18)20-9-4-3-6-19(20)15-25/h3-9,14,25H,10-13,15-16H2,1-2H3,(H,23,26). The van der Waals surface area contributed by atoms with E-state index in [1.54, 1.807) is 0 Å². The van der Waals surface area contributed by atoms with Crippen LogP contribution >= 0.6 is 0 Å². The van der Waals surface area contributed by atoms with Gasteiger partial charge in [-0.05, 0) is 42.7 Å². The second-order valence-corrected chi connectivity index (χ2v) is 7.49. The van der Waals surface area contributed by atoms with Crippen LogP contribution in [0.3, 0.4) is 0 Å². The van der Waals surface area contributed by atoms with Gasteiger partial charge in [0.05, 0.1) is 19.8 Å². The van der Waals surface area contributed by atoms with Gasteiger partial charge in [-0.25, -0.2) is 0 Å². The number of morpholine rings is 1. The highest BCUT2D eigenvalue weighted by atomic mass is 16.5. The number of amides is 1. The van der Waals surface area contributed by atoms with Crippen molar-refractivity contribution >= 4 is 5.91 Å². The predicted octanol–water partition coefficient (Wildman–Crippen LogP) is 2.69. The molecule has 0 saturated carbocycles. The molecule has 1 heterocycles. The minimum atomic E-state index is -0.124. The van der Waals surface area contributed by atoms with E-state index in [1.807, 2.05) is 48.5 Å². The Hall–Kier alpha value is -2.21. The first-order chi connectivity index (χ1) is 13.0. The lowest BCUT2D eigenvalue weighted by Crippen LogP contribution is -2.55. The summed E-state index contributed by atoms with van der Waals surface area (Å²) in [6.07, 6.45) is 0. The van der Waals surface area contributed by atoms with Crippen LogP contribution in [0.25, 0.3) is 11.1 Å². The van der Waals surface area contributed by atoms with E-state index in [0.717, 1.165) is 43.0 Å². The average Bonchev–Trinajstić information content (AvgIpc) is 2.72. The summed E-state index contributed by atoms with van der Waals surface area (Å²) in [5.41, 5.74) is 3.23. The number of nitrogens with zero attached hydrogens (tertiary/aromatic N) is 1. The summed E-state index contributed by atoms with van der Waals surface area (Å²) in [4.78, 5) is 15.1. The van der Waals surface area contributed by atoms with E-state index in [2.05, 4.69) is 24.1 Å². The van der Waals surface area contributed by atoms with Crippen LogP contribution in [0.2, 0.25) is 0 Å². The molecule has 0 atom stereocenters. The van der Waals surface area contributed by atoms with Gasteiger partial charge in [-0.3, -0.25) is 9.69 Å².